The average molecular weight is 2010 g/mol. The van der Waals surface area contributed by atoms with Gasteiger partial charge in [-0.15, -0.1) is 0 Å². The quantitative estimate of drug-likeness (QED) is 0.0382. The Hall–Kier alpha value is -5.65. The largest absolute Gasteiger partial charge is 0.486 e. The van der Waals surface area contributed by atoms with Crippen LogP contribution in [0.15, 0.2) is 42.5 Å². The Labute approximate surface area is 815 Å². The number of aliphatic hydroxyl groups excluding tert-OH is 6. The van der Waals surface area contributed by atoms with E-state index in [4.69, 9.17) is 152 Å². The van der Waals surface area contributed by atoms with E-state index in [1.807, 2.05) is 0 Å². The molecule has 2 saturated heterocycles. The summed E-state index contributed by atoms with van der Waals surface area (Å²) in [5, 5.41) is 74.4. The molecular weight excluding hydrogens is 1850 g/mol. The van der Waals surface area contributed by atoms with Gasteiger partial charge in [0.2, 0.25) is 11.8 Å². The van der Waals surface area contributed by atoms with Gasteiger partial charge >= 0.3 is 5.97 Å². The lowest BCUT2D eigenvalue weighted by Crippen LogP contribution is -2.57. The van der Waals surface area contributed by atoms with Crippen LogP contribution in [0.5, 0.6) is 11.5 Å². The van der Waals surface area contributed by atoms with Gasteiger partial charge in [-0.2, -0.15) is 0 Å². The second-order valence-electron chi connectivity index (χ2n) is 30.7. The number of aromatic carboxylic acids is 1. The minimum Gasteiger partial charge on any atom is -0.486 e. The third kappa shape index (κ3) is 70.7. The number of benzene rings is 2. The molecule has 46 heteroatoms. The van der Waals surface area contributed by atoms with Gasteiger partial charge in [0.1, 0.15) is 61.3 Å². The monoisotopic (exact) mass is 2010 g/mol. The van der Waals surface area contributed by atoms with Gasteiger partial charge in [0, 0.05) is 52.0 Å². The molecule has 0 spiro atoms. The van der Waals surface area contributed by atoms with Crippen LogP contribution in [-0.2, 0) is 161 Å². The summed E-state index contributed by atoms with van der Waals surface area (Å²) in [6.45, 7) is 23.8. The maximum absolute atomic E-state index is 12.7. The highest BCUT2D eigenvalue weighted by Crippen LogP contribution is 2.29. The number of nitrogens with one attached hydrogen (secondary N) is 2. The highest BCUT2D eigenvalue weighted by atomic mass is 16.7. The number of amides is 2. The molecule has 2 heterocycles. The second kappa shape index (κ2) is 89.9. The Bertz CT molecular complexity index is 3210. The number of Topliss-reactive ketones (excluding diaryl/α,β-unsaturated/α-hetero) is 2. The van der Waals surface area contributed by atoms with Crippen LogP contribution < -0.4 is 20.1 Å². The van der Waals surface area contributed by atoms with Crippen molar-refractivity contribution in [2.45, 2.75) is 114 Å². The molecule has 2 aliphatic rings. The van der Waals surface area contributed by atoms with E-state index in [9.17, 15) is 59.7 Å². The number of hydrogen-bond donors (Lipinski definition) is 9. The van der Waals surface area contributed by atoms with Crippen molar-refractivity contribution in [3.05, 3.63) is 48.0 Å². The Kier molecular flexibility index (Phi) is 81.3. The van der Waals surface area contributed by atoms with Crippen LogP contribution in [-0.4, -0.2) is 510 Å². The van der Waals surface area contributed by atoms with Crippen LogP contribution in [0.1, 0.15) is 62.7 Å². The van der Waals surface area contributed by atoms with E-state index in [0.29, 0.717) is 347 Å². The fraction of sp³-hybridized carbons (Fsp3) is 0.817. The molecule has 2 aliphatic heterocycles. The minimum absolute atomic E-state index is 0.0102. The topological polar surface area (TPSA) is 546 Å². The smallest absolute Gasteiger partial charge is 0.335 e. The Morgan fingerprint density at radius 2 is 0.496 bits per heavy atom. The number of carboxylic acid groups (broad SMARTS) is 1. The highest BCUT2D eigenvalue weighted by Gasteiger charge is 2.43. The fourth-order valence-corrected chi connectivity index (χ4v) is 12.0. The summed E-state index contributed by atoms with van der Waals surface area (Å²) in [7, 11) is 0. The van der Waals surface area contributed by atoms with Gasteiger partial charge in [0.15, 0.2) is 24.1 Å². The van der Waals surface area contributed by atoms with E-state index < -0.39 is 67.4 Å². The SMILES string of the molecule is C[C@@H]1O[C@@H](OCCOCCNC(=O)CCOCCOCCOCCOCCOCCOCCOCCOCCOCCOCCOCCOCCCC(=O)COc2ccc(-c3cc(OCC(=O)CCCOCCOCCOCCOCCOCCOCCOCCOCCOCCOCCOCCOCCC(=O)NCCOCCO[C@@H]4O[C@@H](C)[C@H](O)[C@@H](O)[C@H]4O)cc(C(=O)O)c3)cc2)[C@H](O)[C@H](O)[C@H]1O. The molecule has 2 amide bonds. The van der Waals surface area contributed by atoms with Crippen LogP contribution >= 0.6 is 0 Å². The number of hydrogen-bond acceptors (Lipinski definition) is 43. The number of ketones is 2. The summed E-state index contributed by atoms with van der Waals surface area (Å²) in [5.74, 6) is -1.08. The van der Waals surface area contributed by atoms with Gasteiger partial charge in [-0.25, -0.2) is 4.79 Å². The van der Waals surface area contributed by atoms with Crippen molar-refractivity contribution in [1.29, 1.82) is 0 Å². The second-order valence-corrected chi connectivity index (χ2v) is 30.7. The lowest BCUT2D eigenvalue weighted by Gasteiger charge is -2.38. The number of rotatable bonds is 102. The zero-order valence-electron chi connectivity index (χ0n) is 81.3. The standard InChI is InChI=1S/C93H160N2O44/c1-74-85(100)87(102)89(104)92(138-74)134-67-65-112-19-13-94-83(98)11-17-110-23-27-116-31-35-120-39-43-124-47-51-128-55-59-132-63-61-130-57-53-126-49-45-122-41-37-118-33-29-114-25-21-108-15-3-5-79(96)72-136-81-9-7-76(8-10-81)77-69-78(91(106)107)71-82(70-77)137-73-80(97)6-4-16-109-22-26-115-30-34-119-38-42-123-46-50-127-54-58-131-62-64-133-60-56-129-52-48-125-44-40-121-36-32-117-28-24-111-18-12-84(99)95-14-20-113-66-68-135-93-90(105)88(103)86(101)75(2)139-93/h7-10,69-71,74-75,85-90,92-93,100-105H,3-6,11-68,72-73H2,1-2H3,(H,94,98)(H,95,99)(H,106,107)/t74-,75-,85-,86-,87+,88+,89+,90+,92+,93+/m0/s1. The van der Waals surface area contributed by atoms with Gasteiger partial charge in [0.05, 0.1) is 361 Å². The van der Waals surface area contributed by atoms with E-state index in [-0.39, 0.29) is 126 Å². The first-order chi connectivity index (χ1) is 68.0. The molecule has 0 saturated carbocycles. The first kappa shape index (κ1) is 126. The third-order valence-electron chi connectivity index (χ3n) is 19.5. The van der Waals surface area contributed by atoms with Gasteiger partial charge in [-0.05, 0) is 68.1 Å². The number of carbonyl (C=O) groups excluding carboxylic acids is 4. The molecular formula is C93H160N2O44. The zero-order chi connectivity index (χ0) is 99.8. The number of carboxylic acids is 1. The van der Waals surface area contributed by atoms with Gasteiger partial charge in [0.25, 0.3) is 0 Å². The van der Waals surface area contributed by atoms with Crippen molar-refractivity contribution >= 4 is 29.4 Å². The van der Waals surface area contributed by atoms with E-state index in [2.05, 4.69) is 10.6 Å². The average Bonchev–Trinajstić information content (AvgIpc) is 0.837. The molecule has 2 fully saturated rings. The summed E-state index contributed by atoms with van der Waals surface area (Å²) >= 11 is 0. The van der Waals surface area contributed by atoms with E-state index in [1.165, 1.54) is 12.1 Å². The van der Waals surface area contributed by atoms with Crippen molar-refractivity contribution in [3.63, 3.8) is 0 Å². The normalized spacial score (nSPS) is 18.2. The van der Waals surface area contributed by atoms with Crippen molar-refractivity contribution in [3.8, 4) is 22.6 Å². The van der Waals surface area contributed by atoms with Gasteiger partial charge in [-0.3, -0.25) is 19.2 Å². The predicted octanol–water partition coefficient (Wildman–Crippen LogP) is -0.360. The van der Waals surface area contributed by atoms with Crippen LogP contribution in [0.25, 0.3) is 11.1 Å². The van der Waals surface area contributed by atoms with E-state index in [0.717, 1.165) is 0 Å². The van der Waals surface area contributed by atoms with Crippen molar-refractivity contribution < 1.29 is 211 Å². The van der Waals surface area contributed by atoms with Crippen LogP contribution in [0, 0.1) is 0 Å². The molecule has 9 N–H and O–H groups in total. The van der Waals surface area contributed by atoms with Crippen molar-refractivity contribution in [1.82, 2.24) is 10.6 Å². The number of ether oxygens (including phenoxy) is 32. The minimum atomic E-state index is -1.37. The third-order valence-corrected chi connectivity index (χ3v) is 19.5. The van der Waals surface area contributed by atoms with E-state index in [1.54, 1.807) is 44.2 Å². The van der Waals surface area contributed by atoms with Crippen LogP contribution in [0.4, 0.5) is 0 Å². The highest BCUT2D eigenvalue weighted by molar-refractivity contribution is 5.90. The Morgan fingerprint density at radius 3 is 0.763 bits per heavy atom. The molecule has 0 bridgehead atoms. The first-order valence-electron chi connectivity index (χ1n) is 48.0. The molecule has 4 rings (SSSR count). The summed E-state index contributed by atoms with van der Waals surface area (Å²) in [6.07, 6.45) is -9.53. The maximum atomic E-state index is 12.7. The molecule has 806 valence electrons. The summed E-state index contributed by atoms with van der Waals surface area (Å²) in [6, 6.07) is 11.4. The number of aliphatic hydroxyl groups is 6. The van der Waals surface area contributed by atoms with Gasteiger partial charge < -0.3 is 198 Å². The first-order valence-corrected chi connectivity index (χ1v) is 48.0. The molecule has 10 atom stereocenters. The lowest BCUT2D eigenvalue weighted by molar-refractivity contribution is -0.294. The predicted molar refractivity (Wildman–Crippen MR) is 491 cm³/mol. The van der Waals surface area contributed by atoms with E-state index >= 15 is 0 Å². The molecule has 0 aliphatic carbocycles. The lowest BCUT2D eigenvalue weighted by atomic mass is 10.0. The molecule has 0 aromatic heterocycles. The zero-order valence-corrected chi connectivity index (χ0v) is 81.3. The Morgan fingerprint density at radius 1 is 0.259 bits per heavy atom. The molecule has 46 nitrogen and oxygen atoms in total. The van der Waals surface area contributed by atoms with Crippen molar-refractivity contribution in [2.24, 2.45) is 0 Å². The van der Waals surface area contributed by atoms with Crippen LogP contribution in [0.3, 0.4) is 0 Å². The molecule has 0 radical (unpaired) electrons. The summed E-state index contributed by atoms with van der Waals surface area (Å²) in [4.78, 5) is 61.3. The molecule has 2 aromatic carbocycles. The maximum Gasteiger partial charge on any atom is 0.335 e. The van der Waals surface area contributed by atoms with Gasteiger partial charge in [-0.1, -0.05) is 12.1 Å². The summed E-state index contributed by atoms with van der Waals surface area (Å²) < 4.78 is 176. The fourth-order valence-electron chi connectivity index (χ4n) is 12.0. The summed E-state index contributed by atoms with van der Waals surface area (Å²) in [5.41, 5.74) is 1.23. The number of carbonyl (C=O) groups is 5. The van der Waals surface area contributed by atoms with Crippen LogP contribution in [0.2, 0.25) is 0 Å². The molecule has 2 aromatic rings. The van der Waals surface area contributed by atoms with Crippen molar-refractivity contribution in [2.75, 3.05) is 383 Å². The Balaban J connectivity index is 0.775. The molecule has 139 heavy (non-hydrogen) atoms. The molecule has 0 unspecified atom stereocenters.